The van der Waals surface area contributed by atoms with Crippen LogP contribution in [0.1, 0.15) is 260 Å². The summed E-state index contributed by atoms with van der Waals surface area (Å²) in [5, 5.41) is 13.3. The number of fused-ring (bicyclic) bond motifs is 8. The maximum Gasteiger partial charge on any atom is 0.253 e. The zero-order valence-electron chi connectivity index (χ0n) is 68.4. The SMILES string of the molecule is NC(=O)CCN1CCCC1.O=C(NCCN1CCCCC1)c1ccc2c(Cl)c3c(nc2c1)CCCC3.O=C(NCCN1CCCCCC1)c1ccc2c(Cl)c3c(nc2c1)CCCC3.O=C(c1ccc2c(Cl)c3c(nc2c1)CCCC3)N1CCC(N2CCCCC2)CC1.O=C(c1ccc2c(Cl)c3c(nc2c1)CCCC3)N1CCCCCC1. The molecule has 6 fully saturated rings. The Labute approximate surface area is 706 Å². The topological polar surface area (TPSA) is 206 Å². The minimum absolute atomic E-state index is 0.0256. The van der Waals surface area contributed by atoms with Gasteiger partial charge >= 0.3 is 0 Å². The number of carbonyl (C=O) groups is 5. The van der Waals surface area contributed by atoms with Crippen LogP contribution >= 0.6 is 46.4 Å². The fraction of sp³-hybridized carbons (Fsp3) is 0.564. The molecule has 10 aliphatic rings. The second-order valence-electron chi connectivity index (χ2n) is 33.9. The second kappa shape index (κ2) is 42.2. The number of rotatable bonds is 14. The van der Waals surface area contributed by atoms with Crippen LogP contribution in [0.15, 0.2) is 72.8 Å². The summed E-state index contributed by atoms with van der Waals surface area (Å²) in [6.07, 6.45) is 40.5. The second-order valence-corrected chi connectivity index (χ2v) is 35.4. The molecule has 8 aromatic rings. The van der Waals surface area contributed by atoms with Gasteiger partial charge in [-0.2, -0.15) is 0 Å². The fourth-order valence-corrected chi connectivity index (χ4v) is 20.5. The number of carbonyl (C=O) groups excluding carboxylic acids is 5. The first-order valence-corrected chi connectivity index (χ1v) is 46.0. The summed E-state index contributed by atoms with van der Waals surface area (Å²) < 4.78 is 0. The first-order valence-electron chi connectivity index (χ1n) is 44.5. The predicted molar refractivity (Wildman–Crippen MR) is 472 cm³/mol. The quantitative estimate of drug-likeness (QED) is 0.0927. The zero-order chi connectivity index (χ0) is 80.3. The highest BCUT2D eigenvalue weighted by molar-refractivity contribution is 6.38. The van der Waals surface area contributed by atoms with Crippen LogP contribution in [-0.4, -0.2) is 196 Å². The zero-order valence-corrected chi connectivity index (χ0v) is 71.4. The van der Waals surface area contributed by atoms with E-state index >= 15 is 0 Å². The van der Waals surface area contributed by atoms with Crippen molar-refractivity contribution in [1.29, 1.82) is 0 Å². The van der Waals surface area contributed by atoms with Crippen molar-refractivity contribution in [2.45, 2.75) is 231 Å². The number of nitrogens with zero attached hydrogens (tertiary/aromatic N) is 10. The van der Waals surface area contributed by atoms with Crippen LogP contribution in [-0.2, 0) is 56.2 Å². The number of nitrogens with two attached hydrogens (primary N) is 1. The van der Waals surface area contributed by atoms with Gasteiger partial charge in [-0.1, -0.05) is 109 Å². The van der Waals surface area contributed by atoms with E-state index in [0.717, 1.165) is 260 Å². The average molecular weight is 1650 g/mol. The molecule has 0 saturated carbocycles. The van der Waals surface area contributed by atoms with Gasteiger partial charge in [0.1, 0.15) is 0 Å². The lowest BCUT2D eigenvalue weighted by molar-refractivity contribution is -0.118. The molecule has 5 amide bonds. The highest BCUT2D eigenvalue weighted by Crippen LogP contribution is 2.39. The van der Waals surface area contributed by atoms with E-state index in [0.29, 0.717) is 36.7 Å². The van der Waals surface area contributed by atoms with Crippen molar-refractivity contribution in [3.8, 4) is 0 Å². The standard InChI is InChI=1S/C24H30ClN3O.C22H28ClN3O.C21H26ClN3O.C20H23ClN2O.C7H14N2O/c25-23-19-6-2-3-7-21(19)26-22-16-17(8-9-20(22)23)24(29)28-14-10-18(11-15-28)27-12-4-1-5-13-27;23-21-17-7-3-4-8-19(17)25-20-15-16(9-10-18(20)21)22(27)24-11-14-26-12-5-1-2-6-13-26;22-20-16-6-2-3-7-18(16)24-19-14-15(8-9-17(19)20)21(26)23-10-13-25-11-4-1-5-12-25;21-19-15-7-3-4-8-17(15)22-18-13-14(9-10-16(18)19)20(24)23-11-5-1-2-6-12-23;8-7(10)3-6-9-4-1-2-5-9/h8-9,16,18H,1-7,10-15H2;9-10,15H,1-8,11-14H2,(H,24,27);8-9,14H,1-7,10-13H2,(H,23,26);9-10,13H,1-8,11-12H2;1-6H2,(H2,8,10). The number of benzene rings is 4. The van der Waals surface area contributed by atoms with Gasteiger partial charge in [0.2, 0.25) is 5.91 Å². The summed E-state index contributed by atoms with van der Waals surface area (Å²) in [6.45, 7) is 16.9. The maximum atomic E-state index is 13.2. The van der Waals surface area contributed by atoms with Crippen LogP contribution in [0.2, 0.25) is 20.1 Å². The molecule has 116 heavy (non-hydrogen) atoms. The Kier molecular flexibility index (Phi) is 31.0. The van der Waals surface area contributed by atoms with Gasteiger partial charge in [-0.3, -0.25) is 43.9 Å². The Bertz CT molecular complexity index is 4750. The number of halogens is 4. The van der Waals surface area contributed by atoms with Gasteiger partial charge in [-0.15, -0.1) is 0 Å². The molecule has 22 heteroatoms. The molecule has 0 spiro atoms. The number of nitrogens with one attached hydrogen (secondary N) is 2. The summed E-state index contributed by atoms with van der Waals surface area (Å²) in [6, 6.07) is 23.8. The van der Waals surface area contributed by atoms with Crippen molar-refractivity contribution < 1.29 is 24.0 Å². The lowest BCUT2D eigenvalue weighted by Gasteiger charge is -2.40. The molecule has 10 heterocycles. The van der Waals surface area contributed by atoms with E-state index in [-0.39, 0.29) is 29.5 Å². The van der Waals surface area contributed by atoms with Crippen LogP contribution in [0.5, 0.6) is 0 Å². The molecule has 4 aliphatic carbocycles. The third-order valence-electron chi connectivity index (χ3n) is 25.8. The predicted octanol–water partition coefficient (Wildman–Crippen LogP) is 18.0. The number of hydrogen-bond acceptors (Lipinski definition) is 13. The van der Waals surface area contributed by atoms with Crippen molar-refractivity contribution in [3.05, 3.63) is 160 Å². The van der Waals surface area contributed by atoms with E-state index in [4.69, 9.17) is 72.1 Å². The highest BCUT2D eigenvalue weighted by Gasteiger charge is 2.30. The third-order valence-corrected chi connectivity index (χ3v) is 27.5. The Morgan fingerprint density at radius 3 is 0.974 bits per heavy atom. The van der Waals surface area contributed by atoms with E-state index in [9.17, 15) is 24.0 Å². The molecule has 0 atom stereocenters. The molecule has 0 unspecified atom stereocenters. The molecular weight excluding hydrogens is 1530 g/mol. The fourth-order valence-electron chi connectivity index (χ4n) is 19.0. The number of piperidine rings is 3. The first-order chi connectivity index (χ1) is 56.7. The van der Waals surface area contributed by atoms with Gasteiger partial charge in [-0.05, 0) is 303 Å². The number of aromatic nitrogens is 4. The molecule has 0 radical (unpaired) electrons. The molecule has 0 bridgehead atoms. The van der Waals surface area contributed by atoms with Gasteiger partial charge in [0.15, 0.2) is 0 Å². The Morgan fingerprint density at radius 1 is 0.336 bits per heavy atom. The van der Waals surface area contributed by atoms with Gasteiger partial charge in [-0.25, -0.2) is 0 Å². The van der Waals surface area contributed by atoms with Crippen LogP contribution in [0, 0.1) is 0 Å². The number of likely N-dealkylation sites (tertiary alicyclic amines) is 6. The first kappa shape index (κ1) is 85.3. The summed E-state index contributed by atoms with van der Waals surface area (Å²) in [4.78, 5) is 94.6. The molecule has 4 aromatic heterocycles. The number of primary amides is 1. The highest BCUT2D eigenvalue weighted by atomic mass is 35.5. The van der Waals surface area contributed by atoms with E-state index in [2.05, 4.69) is 30.2 Å². The van der Waals surface area contributed by atoms with Crippen LogP contribution < -0.4 is 16.4 Å². The van der Waals surface area contributed by atoms with Crippen molar-refractivity contribution in [3.63, 3.8) is 0 Å². The van der Waals surface area contributed by atoms with E-state index < -0.39 is 0 Å². The normalized spacial score (nSPS) is 19.0. The molecule has 6 aliphatic heterocycles. The van der Waals surface area contributed by atoms with E-state index in [1.807, 2.05) is 82.6 Å². The third kappa shape index (κ3) is 22.1. The van der Waals surface area contributed by atoms with Crippen molar-refractivity contribution >= 4 is 120 Å². The van der Waals surface area contributed by atoms with E-state index in [1.165, 1.54) is 177 Å². The van der Waals surface area contributed by atoms with Crippen LogP contribution in [0.25, 0.3) is 43.6 Å². The monoisotopic (exact) mass is 1650 g/mol. The number of aryl methyl sites for hydroxylation is 4. The number of amides is 5. The van der Waals surface area contributed by atoms with E-state index in [1.54, 1.807) is 0 Å². The van der Waals surface area contributed by atoms with Crippen molar-refractivity contribution in [1.82, 2.24) is 60.0 Å². The van der Waals surface area contributed by atoms with Gasteiger partial charge < -0.3 is 45.8 Å². The van der Waals surface area contributed by atoms with Gasteiger partial charge in [0.25, 0.3) is 23.6 Å². The van der Waals surface area contributed by atoms with Crippen LogP contribution in [0.3, 0.4) is 0 Å². The molecule has 6 saturated heterocycles. The summed E-state index contributed by atoms with van der Waals surface area (Å²) in [5.74, 6) is 0.0305. The minimum atomic E-state index is -0.188. The van der Waals surface area contributed by atoms with Crippen molar-refractivity contribution in [2.75, 3.05) is 111 Å². The maximum absolute atomic E-state index is 13.2. The lowest BCUT2D eigenvalue weighted by atomic mass is 9.94. The Hall–Kier alpha value is -7.13. The number of pyridine rings is 4. The van der Waals surface area contributed by atoms with Crippen LogP contribution in [0.4, 0.5) is 0 Å². The Balaban J connectivity index is 0.000000123. The minimum Gasteiger partial charge on any atom is -0.370 e. The molecule has 620 valence electrons. The molecule has 4 aromatic carbocycles. The summed E-state index contributed by atoms with van der Waals surface area (Å²) in [5.41, 5.74) is 20.5. The summed E-state index contributed by atoms with van der Waals surface area (Å²) in [7, 11) is 0. The molecule has 18 rings (SSSR count). The van der Waals surface area contributed by atoms with Gasteiger partial charge in [0, 0.05) is 138 Å². The molecule has 4 N–H and O–H groups in total. The lowest BCUT2D eigenvalue weighted by Crippen LogP contribution is -2.48. The summed E-state index contributed by atoms with van der Waals surface area (Å²) >= 11 is 26.6. The largest absolute Gasteiger partial charge is 0.370 e. The number of hydrogen-bond donors (Lipinski definition) is 3. The average Bonchev–Trinajstić information content (AvgIpc) is 0.802. The van der Waals surface area contributed by atoms with Crippen molar-refractivity contribution in [2.24, 2.45) is 5.73 Å². The molecular formula is C94H121Cl4N13O5. The molecule has 18 nitrogen and oxygen atoms in total. The smallest absolute Gasteiger partial charge is 0.253 e. The Morgan fingerprint density at radius 2 is 0.621 bits per heavy atom. The van der Waals surface area contributed by atoms with Gasteiger partial charge in [0.05, 0.1) is 42.2 Å².